The molecule has 26 heavy (non-hydrogen) atoms. The average molecular weight is 382 g/mol. The van der Waals surface area contributed by atoms with E-state index in [9.17, 15) is 0 Å². The van der Waals surface area contributed by atoms with Crippen LogP contribution in [-0.4, -0.2) is 15.2 Å². The summed E-state index contributed by atoms with van der Waals surface area (Å²) >= 11 is 3.63. The molecule has 0 bridgehead atoms. The zero-order chi connectivity index (χ0) is 18.6. The van der Waals surface area contributed by atoms with Crippen LogP contribution in [0.5, 0.6) is 0 Å². The second kappa shape index (κ2) is 6.10. The number of benzene rings is 1. The maximum Gasteiger partial charge on any atom is 0.111 e. The van der Waals surface area contributed by atoms with E-state index < -0.39 is 0 Å². The lowest BCUT2D eigenvalue weighted by Crippen LogP contribution is -2.08. The van der Waals surface area contributed by atoms with Gasteiger partial charge in [0.25, 0.3) is 0 Å². The van der Waals surface area contributed by atoms with E-state index in [0.29, 0.717) is 0 Å². The topological polar surface area (TPSA) is 38.7 Å². The first kappa shape index (κ1) is 17.6. The Morgan fingerprint density at radius 2 is 1.62 bits per heavy atom. The molecule has 3 heterocycles. The van der Waals surface area contributed by atoms with Crippen LogP contribution in [0.25, 0.3) is 30.9 Å². The normalized spacial score (nSPS) is 12.4. The van der Waals surface area contributed by atoms with Gasteiger partial charge in [0.05, 0.1) is 15.4 Å². The van der Waals surface area contributed by atoms with E-state index in [1.165, 1.54) is 30.2 Å². The highest BCUT2D eigenvalue weighted by molar-refractivity contribution is 7.41. The number of rotatable bonds is 2. The van der Waals surface area contributed by atoms with Crippen LogP contribution in [0.3, 0.4) is 0 Å². The molecule has 3 aromatic heterocycles. The molecule has 0 N–H and O–H groups in total. The lowest BCUT2D eigenvalue weighted by atomic mass is 9.93. The fraction of sp³-hybridized carbons (Fsp3) is 0.381. The molecule has 3 nitrogen and oxygen atoms in total. The van der Waals surface area contributed by atoms with Crippen molar-refractivity contribution < 1.29 is 0 Å². The molecule has 0 atom stereocenters. The first-order valence-electron chi connectivity index (χ1n) is 8.85. The number of hydrogen-bond donors (Lipinski definition) is 0. The molecular formula is C21H23N3S2. The molecule has 0 fully saturated rings. The summed E-state index contributed by atoms with van der Waals surface area (Å²) in [6.07, 6.45) is 1.00. The van der Waals surface area contributed by atoms with E-state index in [0.717, 1.165) is 28.9 Å². The molecular weight excluding hydrogens is 358 g/mol. The quantitative estimate of drug-likeness (QED) is 0.399. The van der Waals surface area contributed by atoms with Crippen molar-refractivity contribution in [2.75, 3.05) is 0 Å². The van der Waals surface area contributed by atoms with Gasteiger partial charge in [0, 0.05) is 17.4 Å². The summed E-state index contributed by atoms with van der Waals surface area (Å²) in [5.74, 6) is 0. The largest absolute Gasteiger partial charge is 0.240 e. The van der Waals surface area contributed by atoms with Crippen molar-refractivity contribution in [2.45, 2.75) is 48.0 Å². The maximum atomic E-state index is 4.98. The van der Waals surface area contributed by atoms with Crippen LogP contribution >= 0.6 is 22.7 Å². The minimum absolute atomic E-state index is 0.245. The van der Waals surface area contributed by atoms with Gasteiger partial charge in [-0.3, -0.25) is 0 Å². The highest BCUT2D eigenvalue weighted by atomic mass is 32.2. The van der Waals surface area contributed by atoms with Gasteiger partial charge in [-0.05, 0) is 38.3 Å². The predicted octanol–water partition coefficient (Wildman–Crippen LogP) is 6.48. The van der Waals surface area contributed by atoms with Crippen molar-refractivity contribution in [3.8, 4) is 11.3 Å². The molecule has 4 aromatic rings. The Labute approximate surface area is 162 Å². The van der Waals surface area contributed by atoms with Gasteiger partial charge in [-0.2, -0.15) is 5.10 Å². The van der Waals surface area contributed by atoms with Crippen molar-refractivity contribution in [2.24, 2.45) is 5.41 Å². The van der Waals surface area contributed by atoms with Crippen LogP contribution in [-0.2, 0) is 6.42 Å². The van der Waals surface area contributed by atoms with Crippen LogP contribution in [0.15, 0.2) is 18.2 Å². The van der Waals surface area contributed by atoms with Crippen LogP contribution in [0.1, 0.15) is 42.6 Å². The van der Waals surface area contributed by atoms with E-state index in [1.807, 2.05) is 29.6 Å². The Hall–Kier alpha value is -1.85. The van der Waals surface area contributed by atoms with E-state index in [4.69, 9.17) is 4.98 Å². The average Bonchev–Trinajstić information content (AvgIpc) is 3.01. The zero-order valence-corrected chi connectivity index (χ0v) is 17.7. The molecule has 1 aromatic carbocycles. The van der Waals surface area contributed by atoms with E-state index in [2.05, 4.69) is 63.0 Å². The Morgan fingerprint density at radius 1 is 0.923 bits per heavy atom. The lowest BCUT2D eigenvalue weighted by Gasteiger charge is -2.15. The van der Waals surface area contributed by atoms with Gasteiger partial charge in [0.15, 0.2) is 0 Å². The van der Waals surface area contributed by atoms with E-state index >= 15 is 0 Å². The van der Waals surface area contributed by atoms with Crippen LogP contribution in [0.2, 0.25) is 0 Å². The molecule has 5 heteroatoms. The van der Waals surface area contributed by atoms with Crippen molar-refractivity contribution >= 4 is 42.3 Å². The second-order valence-electron chi connectivity index (χ2n) is 8.30. The van der Waals surface area contributed by atoms with Gasteiger partial charge < -0.3 is 0 Å². The van der Waals surface area contributed by atoms with Gasteiger partial charge >= 0.3 is 0 Å². The van der Waals surface area contributed by atoms with Gasteiger partial charge in [0.2, 0.25) is 0 Å². The summed E-state index contributed by atoms with van der Waals surface area (Å²) < 4.78 is 2.49. The third-order valence-electron chi connectivity index (χ3n) is 4.35. The van der Waals surface area contributed by atoms with Crippen molar-refractivity contribution in [3.05, 3.63) is 40.0 Å². The molecule has 0 spiro atoms. The highest BCUT2D eigenvalue weighted by Gasteiger charge is 2.21. The van der Waals surface area contributed by atoms with Gasteiger partial charge in [-0.1, -0.05) is 38.0 Å². The van der Waals surface area contributed by atoms with Crippen LogP contribution < -0.4 is 0 Å². The predicted molar refractivity (Wildman–Crippen MR) is 113 cm³/mol. The minimum Gasteiger partial charge on any atom is -0.240 e. The Kier molecular flexibility index (Phi) is 4.12. The smallest absolute Gasteiger partial charge is 0.111 e. The summed E-state index contributed by atoms with van der Waals surface area (Å²) in [4.78, 5) is 4.98. The number of thiophene rings is 1. The molecule has 0 amide bonds. The Bertz CT molecular complexity index is 1110. The van der Waals surface area contributed by atoms with E-state index in [1.54, 1.807) is 0 Å². The molecule has 0 radical (unpaired) electrons. The van der Waals surface area contributed by atoms with Gasteiger partial charge in [0.1, 0.15) is 15.2 Å². The Morgan fingerprint density at radius 3 is 2.27 bits per heavy atom. The summed E-state index contributed by atoms with van der Waals surface area (Å²) in [5, 5.41) is 11.4. The number of nitrogens with zero attached hydrogens (tertiary/aromatic N) is 3. The lowest BCUT2D eigenvalue weighted by molar-refractivity contribution is 0.411. The standard InChI is InChI=1S/C21H23N3S2/c1-11-7-12(2)9-14(8-11)17-19-16(13(3)23-24-17)18-20(26-19)25-15(22-18)10-21(4,5)6/h7-9H,10H2,1-6H3. The summed E-state index contributed by atoms with van der Waals surface area (Å²) in [6, 6.07) is 6.58. The SMILES string of the molecule is Cc1cc(C)cc(-c2nnc(C)c3c2sc2sc(CC(C)(C)C)nc23)c1. The number of hydrogen-bond acceptors (Lipinski definition) is 5. The zero-order valence-electron chi connectivity index (χ0n) is 16.1. The maximum absolute atomic E-state index is 4.98. The third-order valence-corrected chi connectivity index (χ3v) is 6.68. The first-order valence-corrected chi connectivity index (χ1v) is 10.5. The van der Waals surface area contributed by atoms with Crippen LogP contribution in [0, 0.1) is 26.2 Å². The molecule has 0 aliphatic rings. The fourth-order valence-corrected chi connectivity index (χ4v) is 6.22. The van der Waals surface area contributed by atoms with Gasteiger partial charge in [-0.15, -0.1) is 27.8 Å². The Balaban J connectivity index is 1.94. The summed E-state index contributed by atoms with van der Waals surface area (Å²) in [5.41, 5.74) is 6.93. The highest BCUT2D eigenvalue weighted by Crippen LogP contribution is 2.43. The van der Waals surface area contributed by atoms with E-state index in [-0.39, 0.29) is 5.41 Å². The number of thiazole rings is 1. The minimum atomic E-state index is 0.245. The van der Waals surface area contributed by atoms with Crippen molar-refractivity contribution in [3.63, 3.8) is 0 Å². The monoisotopic (exact) mass is 381 g/mol. The first-order chi connectivity index (χ1) is 12.2. The third kappa shape index (κ3) is 3.14. The molecule has 134 valence electrons. The molecule has 0 saturated carbocycles. The molecule has 0 saturated heterocycles. The van der Waals surface area contributed by atoms with Crippen LogP contribution in [0.4, 0.5) is 0 Å². The molecule has 0 aliphatic heterocycles. The molecule has 4 rings (SSSR count). The molecule has 0 unspecified atom stereocenters. The molecule has 0 aliphatic carbocycles. The summed E-state index contributed by atoms with van der Waals surface area (Å²) in [7, 11) is 0. The number of aryl methyl sites for hydroxylation is 3. The number of fused-ring (bicyclic) bond motifs is 3. The van der Waals surface area contributed by atoms with Crippen molar-refractivity contribution in [1.29, 1.82) is 0 Å². The van der Waals surface area contributed by atoms with Crippen molar-refractivity contribution in [1.82, 2.24) is 15.2 Å². The summed E-state index contributed by atoms with van der Waals surface area (Å²) in [6.45, 7) is 13.1. The fourth-order valence-electron chi connectivity index (χ4n) is 3.38. The second-order valence-corrected chi connectivity index (χ2v) is 10.7. The number of aromatic nitrogens is 3. The van der Waals surface area contributed by atoms with Gasteiger partial charge in [-0.25, -0.2) is 4.98 Å².